The summed E-state index contributed by atoms with van der Waals surface area (Å²) in [5.41, 5.74) is 7.23. The maximum atomic E-state index is 11.9. The highest BCUT2D eigenvalue weighted by Crippen LogP contribution is 2.19. The third-order valence-electron chi connectivity index (χ3n) is 2.79. The van der Waals surface area contributed by atoms with Crippen LogP contribution in [0, 0.1) is 0 Å². The smallest absolute Gasteiger partial charge is 0.258 e. The summed E-state index contributed by atoms with van der Waals surface area (Å²) in [6.07, 6.45) is 1.71. The van der Waals surface area contributed by atoms with Gasteiger partial charge >= 0.3 is 0 Å². The summed E-state index contributed by atoms with van der Waals surface area (Å²) < 4.78 is 1.52. The van der Waals surface area contributed by atoms with Crippen LogP contribution >= 0.6 is 34.7 Å². The van der Waals surface area contributed by atoms with Gasteiger partial charge in [0.15, 0.2) is 10.1 Å². The Morgan fingerprint density at radius 3 is 2.95 bits per heavy atom. The van der Waals surface area contributed by atoms with Gasteiger partial charge in [-0.25, -0.2) is 9.98 Å². The van der Waals surface area contributed by atoms with Crippen molar-refractivity contribution in [3.63, 3.8) is 0 Å². The minimum Gasteiger partial charge on any atom is -0.378 e. The molecule has 8 heteroatoms. The Balaban J connectivity index is 1.72. The van der Waals surface area contributed by atoms with Crippen LogP contribution in [0.4, 0.5) is 5.69 Å². The quantitative estimate of drug-likeness (QED) is 0.581. The Hall–Kier alpha value is -1.83. The molecule has 2 heterocycles. The number of rotatable bonds is 3. The van der Waals surface area contributed by atoms with Crippen molar-refractivity contribution in [1.29, 1.82) is 0 Å². The molecule has 0 atom stereocenters. The first-order valence-electron chi connectivity index (χ1n) is 6.30. The monoisotopic (exact) mass is 350 g/mol. The molecule has 0 spiro atoms. The second-order valence-corrected chi connectivity index (χ2v) is 6.66. The highest BCUT2D eigenvalue weighted by molar-refractivity contribution is 8.13. The summed E-state index contributed by atoms with van der Waals surface area (Å²) in [6.45, 7) is 0. The van der Waals surface area contributed by atoms with E-state index in [1.807, 2.05) is 5.38 Å². The lowest BCUT2D eigenvalue weighted by Gasteiger charge is -2.02. The van der Waals surface area contributed by atoms with E-state index in [9.17, 15) is 4.79 Å². The number of nitrogens with two attached hydrogens (primary N) is 1. The van der Waals surface area contributed by atoms with Gasteiger partial charge in [0, 0.05) is 28.4 Å². The van der Waals surface area contributed by atoms with Gasteiger partial charge in [-0.2, -0.15) is 0 Å². The molecule has 3 aromatic rings. The molecule has 0 fully saturated rings. The molecule has 0 aliphatic carbocycles. The van der Waals surface area contributed by atoms with E-state index in [1.54, 1.807) is 30.5 Å². The van der Waals surface area contributed by atoms with E-state index in [2.05, 4.69) is 9.98 Å². The Morgan fingerprint density at radius 1 is 1.41 bits per heavy atom. The van der Waals surface area contributed by atoms with Crippen molar-refractivity contribution in [3.8, 4) is 0 Å². The number of aliphatic imine (C=N–C) groups is 1. The first kappa shape index (κ1) is 15.1. The third kappa shape index (κ3) is 3.49. The second kappa shape index (κ2) is 6.51. The number of thiazole rings is 1. The van der Waals surface area contributed by atoms with Crippen LogP contribution in [0.25, 0.3) is 4.96 Å². The molecule has 0 aliphatic heterocycles. The highest BCUT2D eigenvalue weighted by Gasteiger charge is 2.05. The van der Waals surface area contributed by atoms with Crippen LogP contribution in [0.1, 0.15) is 5.69 Å². The van der Waals surface area contributed by atoms with E-state index >= 15 is 0 Å². The standard InChI is InChI=1S/C14H11ClN4OS2/c15-9-1-3-10(4-2-9)17-13(16)22-8-11-7-12(20)19-5-6-21-14(19)18-11/h1-7H,8H2,(H2,16,17). The van der Waals surface area contributed by atoms with E-state index in [0.29, 0.717) is 26.6 Å². The van der Waals surface area contributed by atoms with Crippen LogP contribution in [-0.2, 0) is 5.75 Å². The average Bonchev–Trinajstić information content (AvgIpc) is 2.97. The molecule has 0 radical (unpaired) electrons. The summed E-state index contributed by atoms with van der Waals surface area (Å²) in [5, 5.41) is 2.89. The second-order valence-electron chi connectivity index (χ2n) is 4.36. The molecule has 22 heavy (non-hydrogen) atoms. The van der Waals surface area contributed by atoms with Crippen LogP contribution < -0.4 is 11.3 Å². The van der Waals surface area contributed by atoms with Gasteiger partial charge in [-0.05, 0) is 24.3 Å². The fourth-order valence-electron chi connectivity index (χ4n) is 1.78. The molecule has 2 aromatic heterocycles. The topological polar surface area (TPSA) is 72.8 Å². The molecule has 0 saturated carbocycles. The first-order valence-corrected chi connectivity index (χ1v) is 8.54. The van der Waals surface area contributed by atoms with Crippen LogP contribution in [0.5, 0.6) is 0 Å². The predicted molar refractivity (Wildman–Crippen MR) is 93.4 cm³/mol. The van der Waals surface area contributed by atoms with Crippen LogP contribution in [0.15, 0.2) is 51.7 Å². The molecular formula is C14H11ClN4OS2. The summed E-state index contributed by atoms with van der Waals surface area (Å²) in [4.78, 5) is 21.3. The van der Waals surface area contributed by atoms with Gasteiger partial charge in [0.1, 0.15) is 0 Å². The van der Waals surface area contributed by atoms with Crippen molar-refractivity contribution in [2.45, 2.75) is 5.75 Å². The summed E-state index contributed by atoms with van der Waals surface area (Å²) >= 11 is 8.58. The van der Waals surface area contributed by atoms with Crippen LogP contribution in [0.2, 0.25) is 5.02 Å². The summed E-state index contributed by atoms with van der Waals surface area (Å²) in [7, 11) is 0. The van der Waals surface area contributed by atoms with E-state index in [0.717, 1.165) is 5.69 Å². The minimum atomic E-state index is -0.0879. The maximum Gasteiger partial charge on any atom is 0.258 e. The number of nitrogens with zero attached hydrogens (tertiary/aromatic N) is 3. The van der Waals surface area contributed by atoms with Crippen molar-refractivity contribution < 1.29 is 0 Å². The SMILES string of the molecule is NC(=Nc1ccc(Cl)cc1)SCc1cc(=O)n2ccsc2n1. The fraction of sp³-hybridized carbons (Fsp3) is 0.0714. The summed E-state index contributed by atoms with van der Waals surface area (Å²) in [6, 6.07) is 8.61. The Labute approximate surface area is 139 Å². The maximum absolute atomic E-state index is 11.9. The first-order chi connectivity index (χ1) is 10.6. The van der Waals surface area contributed by atoms with Gasteiger partial charge in [0.2, 0.25) is 0 Å². The molecule has 0 bridgehead atoms. The van der Waals surface area contributed by atoms with Crippen molar-refractivity contribution in [3.05, 3.63) is 63.0 Å². The number of amidine groups is 1. The molecule has 112 valence electrons. The molecule has 1 aromatic carbocycles. The van der Waals surface area contributed by atoms with Crippen LogP contribution in [-0.4, -0.2) is 14.6 Å². The summed E-state index contributed by atoms with van der Waals surface area (Å²) in [5.74, 6) is 0.493. The van der Waals surface area contributed by atoms with Crippen molar-refractivity contribution in [2.75, 3.05) is 0 Å². The number of hydrogen-bond acceptors (Lipinski definition) is 5. The molecule has 0 saturated heterocycles. The number of fused-ring (bicyclic) bond motifs is 1. The lowest BCUT2D eigenvalue weighted by atomic mass is 10.3. The van der Waals surface area contributed by atoms with E-state index in [1.165, 1.54) is 33.6 Å². The van der Waals surface area contributed by atoms with E-state index in [-0.39, 0.29) is 5.56 Å². The van der Waals surface area contributed by atoms with Gasteiger partial charge in [0.25, 0.3) is 5.56 Å². The minimum absolute atomic E-state index is 0.0879. The largest absolute Gasteiger partial charge is 0.378 e. The van der Waals surface area contributed by atoms with Crippen molar-refractivity contribution in [1.82, 2.24) is 9.38 Å². The number of benzene rings is 1. The zero-order valence-electron chi connectivity index (χ0n) is 11.3. The number of thioether (sulfide) groups is 1. The van der Waals surface area contributed by atoms with Gasteiger partial charge in [-0.15, -0.1) is 11.3 Å². The Bertz CT molecular complexity index is 886. The molecule has 3 rings (SSSR count). The molecule has 0 unspecified atom stereocenters. The molecule has 0 aliphatic rings. The zero-order chi connectivity index (χ0) is 15.5. The lowest BCUT2D eigenvalue weighted by molar-refractivity contribution is 1.04. The fourth-order valence-corrected chi connectivity index (χ4v) is 3.26. The van der Waals surface area contributed by atoms with Gasteiger partial charge in [0.05, 0.1) is 11.4 Å². The van der Waals surface area contributed by atoms with Gasteiger partial charge in [-0.1, -0.05) is 23.4 Å². The van der Waals surface area contributed by atoms with E-state index < -0.39 is 0 Å². The van der Waals surface area contributed by atoms with Gasteiger partial charge in [-0.3, -0.25) is 9.20 Å². The number of aromatic nitrogens is 2. The van der Waals surface area contributed by atoms with Crippen molar-refractivity contribution >= 4 is 50.5 Å². The normalized spacial score (nSPS) is 12.0. The van der Waals surface area contributed by atoms with Crippen molar-refractivity contribution in [2.24, 2.45) is 10.7 Å². The Kier molecular flexibility index (Phi) is 4.47. The number of hydrogen-bond donors (Lipinski definition) is 1. The average molecular weight is 351 g/mol. The molecule has 5 nitrogen and oxygen atoms in total. The predicted octanol–water partition coefficient (Wildman–Crippen LogP) is 3.29. The zero-order valence-corrected chi connectivity index (χ0v) is 13.7. The Morgan fingerprint density at radius 2 is 2.18 bits per heavy atom. The third-order valence-corrected chi connectivity index (χ3v) is 4.63. The lowest BCUT2D eigenvalue weighted by Crippen LogP contribution is -2.13. The molecule has 2 N–H and O–H groups in total. The van der Waals surface area contributed by atoms with Gasteiger partial charge < -0.3 is 5.73 Å². The molecule has 0 amide bonds. The van der Waals surface area contributed by atoms with E-state index in [4.69, 9.17) is 17.3 Å². The molecular weight excluding hydrogens is 340 g/mol. The highest BCUT2D eigenvalue weighted by atomic mass is 35.5. The van der Waals surface area contributed by atoms with Crippen LogP contribution in [0.3, 0.4) is 0 Å². The number of halogens is 1.